The summed E-state index contributed by atoms with van der Waals surface area (Å²) in [5.74, 6) is 2.83. The quantitative estimate of drug-likeness (QED) is 0.905. The molecule has 1 N–H and O–H groups in total. The predicted octanol–water partition coefficient (Wildman–Crippen LogP) is 2.93. The van der Waals surface area contributed by atoms with Crippen molar-refractivity contribution in [3.63, 3.8) is 0 Å². The molecule has 2 aromatic heterocycles. The van der Waals surface area contributed by atoms with Gasteiger partial charge in [-0.25, -0.2) is 4.98 Å². The summed E-state index contributed by atoms with van der Waals surface area (Å²) >= 11 is 1.38. The maximum atomic E-state index is 5.46. The smallest absolute Gasteiger partial charge is 0.249 e. The Hall–Kier alpha value is -1.54. The van der Waals surface area contributed by atoms with E-state index >= 15 is 0 Å². The fourth-order valence-corrected chi connectivity index (χ4v) is 3.28. The van der Waals surface area contributed by atoms with Gasteiger partial charge in [0.25, 0.3) is 0 Å². The van der Waals surface area contributed by atoms with Crippen LogP contribution in [0, 0.1) is 12.8 Å². The second-order valence-electron chi connectivity index (χ2n) is 5.86. The van der Waals surface area contributed by atoms with Gasteiger partial charge in [-0.2, -0.15) is 9.36 Å². The van der Waals surface area contributed by atoms with Gasteiger partial charge < -0.3 is 14.6 Å². The van der Waals surface area contributed by atoms with Crippen molar-refractivity contribution in [2.24, 2.45) is 5.92 Å². The van der Waals surface area contributed by atoms with E-state index in [0.29, 0.717) is 23.6 Å². The molecule has 1 saturated heterocycles. The number of aryl methyl sites for hydroxylation is 1. The van der Waals surface area contributed by atoms with Crippen molar-refractivity contribution in [2.75, 3.05) is 18.5 Å². The summed E-state index contributed by atoms with van der Waals surface area (Å²) in [6, 6.07) is -0.0435. The molecule has 1 atom stereocenters. The summed E-state index contributed by atoms with van der Waals surface area (Å²) in [4.78, 5) is 8.95. The Morgan fingerprint density at radius 1 is 1.23 bits per heavy atom. The Balaban J connectivity index is 1.80. The molecule has 7 nitrogen and oxygen atoms in total. The van der Waals surface area contributed by atoms with Gasteiger partial charge in [-0.3, -0.25) is 0 Å². The predicted molar refractivity (Wildman–Crippen MR) is 82.9 cm³/mol. The second-order valence-corrected chi connectivity index (χ2v) is 6.62. The number of aromatic nitrogens is 4. The maximum absolute atomic E-state index is 5.46. The standard InChI is InChI=1S/C14H21N5O2S/c1-8(2)12-17-14(22-19-12)16-11(10-4-6-20-7-5-10)13-15-9(3)18-21-13/h8,10-11H,4-7H2,1-3H3,(H,16,17,19)/t11-/m0/s1. The molecule has 0 spiro atoms. The minimum absolute atomic E-state index is 0.0435. The molecule has 120 valence electrons. The normalized spacial score (nSPS) is 17.8. The molecule has 0 saturated carbocycles. The first kappa shape index (κ1) is 15.4. The van der Waals surface area contributed by atoms with Gasteiger partial charge in [0.1, 0.15) is 11.9 Å². The Kier molecular flexibility index (Phi) is 4.68. The first-order valence-electron chi connectivity index (χ1n) is 7.61. The van der Waals surface area contributed by atoms with E-state index in [2.05, 4.69) is 38.7 Å². The lowest BCUT2D eigenvalue weighted by atomic mass is 9.91. The molecule has 8 heteroatoms. The SMILES string of the molecule is Cc1noc([C@@H](Nc2nc(C(C)C)ns2)C2CCOCC2)n1. The largest absolute Gasteiger partial charge is 0.381 e. The third kappa shape index (κ3) is 3.44. The van der Waals surface area contributed by atoms with Crippen LogP contribution in [0.2, 0.25) is 0 Å². The molecule has 0 aliphatic carbocycles. The van der Waals surface area contributed by atoms with Gasteiger partial charge in [0.05, 0.1) is 0 Å². The minimum Gasteiger partial charge on any atom is -0.381 e. The lowest BCUT2D eigenvalue weighted by Crippen LogP contribution is -2.27. The summed E-state index contributed by atoms with van der Waals surface area (Å²) in [5.41, 5.74) is 0. The van der Waals surface area contributed by atoms with Crippen molar-refractivity contribution in [1.29, 1.82) is 0 Å². The molecular formula is C14H21N5O2S. The van der Waals surface area contributed by atoms with E-state index in [4.69, 9.17) is 9.26 Å². The van der Waals surface area contributed by atoms with Crippen molar-refractivity contribution < 1.29 is 9.26 Å². The molecule has 22 heavy (non-hydrogen) atoms. The monoisotopic (exact) mass is 323 g/mol. The summed E-state index contributed by atoms with van der Waals surface area (Å²) in [7, 11) is 0. The number of nitrogens with zero attached hydrogens (tertiary/aromatic N) is 4. The average Bonchev–Trinajstić information content (AvgIpc) is 3.15. The van der Waals surface area contributed by atoms with E-state index in [1.807, 2.05) is 6.92 Å². The second kappa shape index (κ2) is 6.70. The van der Waals surface area contributed by atoms with Gasteiger partial charge in [0.2, 0.25) is 11.0 Å². The molecule has 1 aliphatic heterocycles. The van der Waals surface area contributed by atoms with E-state index in [0.717, 1.165) is 37.0 Å². The molecule has 0 unspecified atom stereocenters. The lowest BCUT2D eigenvalue weighted by Gasteiger charge is -2.28. The molecule has 0 bridgehead atoms. The van der Waals surface area contributed by atoms with Crippen molar-refractivity contribution in [3.05, 3.63) is 17.5 Å². The Morgan fingerprint density at radius 2 is 2.00 bits per heavy atom. The molecule has 0 aromatic carbocycles. The zero-order valence-electron chi connectivity index (χ0n) is 13.1. The van der Waals surface area contributed by atoms with Crippen LogP contribution in [-0.2, 0) is 4.74 Å². The van der Waals surface area contributed by atoms with Crippen molar-refractivity contribution >= 4 is 16.7 Å². The van der Waals surface area contributed by atoms with Crippen LogP contribution in [0.3, 0.4) is 0 Å². The summed E-state index contributed by atoms with van der Waals surface area (Å²) in [5, 5.41) is 8.17. The number of hydrogen-bond acceptors (Lipinski definition) is 8. The van der Waals surface area contributed by atoms with Crippen molar-refractivity contribution in [1.82, 2.24) is 19.5 Å². The molecule has 0 radical (unpaired) electrons. The fourth-order valence-electron chi connectivity index (χ4n) is 2.53. The highest BCUT2D eigenvalue weighted by Gasteiger charge is 2.30. The highest BCUT2D eigenvalue weighted by Crippen LogP contribution is 2.33. The first-order chi connectivity index (χ1) is 10.6. The van der Waals surface area contributed by atoms with Crippen LogP contribution in [-0.4, -0.2) is 32.7 Å². The van der Waals surface area contributed by atoms with Crippen LogP contribution in [0.25, 0.3) is 0 Å². The van der Waals surface area contributed by atoms with E-state index < -0.39 is 0 Å². The molecule has 1 fully saturated rings. The number of anilines is 1. The Morgan fingerprint density at radius 3 is 2.59 bits per heavy atom. The topological polar surface area (TPSA) is 86.0 Å². The fraction of sp³-hybridized carbons (Fsp3) is 0.714. The average molecular weight is 323 g/mol. The Labute approximate surface area is 133 Å². The van der Waals surface area contributed by atoms with E-state index in [1.54, 1.807) is 0 Å². The van der Waals surface area contributed by atoms with Crippen LogP contribution < -0.4 is 5.32 Å². The van der Waals surface area contributed by atoms with E-state index in [9.17, 15) is 0 Å². The maximum Gasteiger partial charge on any atom is 0.249 e. The van der Waals surface area contributed by atoms with Gasteiger partial charge in [-0.15, -0.1) is 0 Å². The minimum atomic E-state index is -0.0435. The molecule has 1 aliphatic rings. The van der Waals surface area contributed by atoms with E-state index in [1.165, 1.54) is 11.5 Å². The third-order valence-electron chi connectivity index (χ3n) is 3.78. The van der Waals surface area contributed by atoms with Crippen molar-refractivity contribution in [2.45, 2.75) is 45.6 Å². The van der Waals surface area contributed by atoms with Crippen LogP contribution in [0.15, 0.2) is 4.52 Å². The molecular weight excluding hydrogens is 302 g/mol. The Bertz CT molecular complexity index is 606. The van der Waals surface area contributed by atoms with Crippen LogP contribution in [0.4, 0.5) is 5.13 Å². The van der Waals surface area contributed by atoms with Crippen LogP contribution in [0.1, 0.15) is 56.2 Å². The molecule has 2 aromatic rings. The van der Waals surface area contributed by atoms with E-state index in [-0.39, 0.29) is 6.04 Å². The van der Waals surface area contributed by atoms with Gasteiger partial charge in [-0.1, -0.05) is 19.0 Å². The zero-order chi connectivity index (χ0) is 15.5. The highest BCUT2D eigenvalue weighted by molar-refractivity contribution is 7.09. The summed E-state index contributed by atoms with van der Waals surface area (Å²) < 4.78 is 15.2. The van der Waals surface area contributed by atoms with Crippen molar-refractivity contribution in [3.8, 4) is 0 Å². The lowest BCUT2D eigenvalue weighted by molar-refractivity contribution is 0.0571. The van der Waals surface area contributed by atoms with Crippen LogP contribution >= 0.6 is 11.5 Å². The van der Waals surface area contributed by atoms with Gasteiger partial charge in [0.15, 0.2) is 5.82 Å². The van der Waals surface area contributed by atoms with Gasteiger partial charge in [0, 0.05) is 30.7 Å². The number of hydrogen-bond donors (Lipinski definition) is 1. The summed E-state index contributed by atoms with van der Waals surface area (Å²) in [6.45, 7) is 7.54. The van der Waals surface area contributed by atoms with Gasteiger partial charge >= 0.3 is 0 Å². The van der Waals surface area contributed by atoms with Crippen LogP contribution in [0.5, 0.6) is 0 Å². The third-order valence-corrected chi connectivity index (χ3v) is 4.44. The molecule has 0 amide bonds. The zero-order valence-corrected chi connectivity index (χ0v) is 13.9. The first-order valence-corrected chi connectivity index (χ1v) is 8.39. The number of ether oxygens (including phenoxy) is 1. The number of nitrogens with one attached hydrogen (secondary N) is 1. The molecule has 3 rings (SSSR count). The highest BCUT2D eigenvalue weighted by atomic mass is 32.1. The number of rotatable bonds is 5. The molecule has 3 heterocycles. The van der Waals surface area contributed by atoms with Gasteiger partial charge in [-0.05, 0) is 25.7 Å². The summed E-state index contributed by atoms with van der Waals surface area (Å²) in [6.07, 6.45) is 1.93.